The van der Waals surface area contributed by atoms with Crippen LogP contribution in [0.1, 0.15) is 13.8 Å². The fourth-order valence-electron chi connectivity index (χ4n) is 1.68. The molecule has 0 amide bonds. The van der Waals surface area contributed by atoms with Crippen LogP contribution in [0.5, 0.6) is 0 Å². The summed E-state index contributed by atoms with van der Waals surface area (Å²) in [6.07, 6.45) is 0. The highest BCUT2D eigenvalue weighted by Crippen LogP contribution is 2.58. The van der Waals surface area contributed by atoms with E-state index in [-0.39, 0.29) is 29.8 Å². The predicted molar refractivity (Wildman–Crippen MR) is 39.9 cm³/mol. The van der Waals surface area contributed by atoms with Gasteiger partial charge in [0.25, 0.3) is 0 Å². The van der Waals surface area contributed by atoms with Crippen LogP contribution in [0.25, 0.3) is 0 Å². The number of esters is 1. The summed E-state index contributed by atoms with van der Waals surface area (Å²) in [5.74, 6) is -0.207. The van der Waals surface area contributed by atoms with Crippen molar-refractivity contribution in [3.63, 3.8) is 0 Å². The Balaban J connectivity index is 2.58. The maximum atomic E-state index is 11.0. The third kappa shape index (κ3) is 1.13. The number of carbonyl (C=O) groups is 1. The van der Waals surface area contributed by atoms with Crippen molar-refractivity contribution in [3.8, 4) is 0 Å². The van der Waals surface area contributed by atoms with E-state index in [1.807, 2.05) is 13.8 Å². The maximum Gasteiger partial charge on any atom is 0.309 e. The van der Waals surface area contributed by atoms with Gasteiger partial charge >= 0.3 is 5.97 Å². The number of aliphatic hydroxyl groups excluding tert-OH is 1. The first kappa shape index (κ1) is 8.53. The molecular weight excluding hydrogens is 144 g/mol. The Morgan fingerprint density at radius 2 is 2.18 bits per heavy atom. The fourth-order valence-corrected chi connectivity index (χ4v) is 1.68. The summed E-state index contributed by atoms with van der Waals surface area (Å²) < 4.78 is 4.59. The normalized spacial score (nSPS) is 33.1. The highest BCUT2D eigenvalue weighted by Gasteiger charge is 2.62. The highest BCUT2D eigenvalue weighted by atomic mass is 16.5. The number of ether oxygens (including phenoxy) is 1. The number of methoxy groups -OCH3 is 1. The van der Waals surface area contributed by atoms with Crippen molar-refractivity contribution in [2.24, 2.45) is 17.3 Å². The van der Waals surface area contributed by atoms with Crippen molar-refractivity contribution < 1.29 is 14.6 Å². The lowest BCUT2D eigenvalue weighted by molar-refractivity contribution is -0.143. The molecule has 0 heterocycles. The fraction of sp³-hybridized carbons (Fsp3) is 0.875. The minimum atomic E-state index is -0.200. The van der Waals surface area contributed by atoms with Crippen molar-refractivity contribution >= 4 is 5.97 Å². The molecular formula is C8H14O3. The summed E-state index contributed by atoms with van der Waals surface area (Å²) in [6.45, 7) is 4.01. The summed E-state index contributed by atoms with van der Waals surface area (Å²) in [7, 11) is 1.38. The van der Waals surface area contributed by atoms with Crippen molar-refractivity contribution in [1.29, 1.82) is 0 Å². The van der Waals surface area contributed by atoms with Gasteiger partial charge in [-0.3, -0.25) is 4.79 Å². The van der Waals surface area contributed by atoms with E-state index in [0.717, 1.165) is 0 Å². The first-order valence-corrected chi connectivity index (χ1v) is 3.74. The Morgan fingerprint density at radius 3 is 2.45 bits per heavy atom. The molecule has 0 aromatic carbocycles. The van der Waals surface area contributed by atoms with Crippen molar-refractivity contribution in [3.05, 3.63) is 0 Å². The highest BCUT2D eigenvalue weighted by molar-refractivity contribution is 5.77. The van der Waals surface area contributed by atoms with E-state index < -0.39 is 0 Å². The molecule has 1 fully saturated rings. The maximum absolute atomic E-state index is 11.0. The molecule has 3 nitrogen and oxygen atoms in total. The van der Waals surface area contributed by atoms with Crippen LogP contribution in [0.3, 0.4) is 0 Å². The van der Waals surface area contributed by atoms with Gasteiger partial charge in [0.2, 0.25) is 0 Å². The summed E-state index contributed by atoms with van der Waals surface area (Å²) in [4.78, 5) is 11.0. The van der Waals surface area contributed by atoms with Crippen LogP contribution in [-0.2, 0) is 9.53 Å². The van der Waals surface area contributed by atoms with E-state index in [0.29, 0.717) is 0 Å². The van der Waals surface area contributed by atoms with Crippen LogP contribution in [0.15, 0.2) is 0 Å². The molecule has 64 valence electrons. The molecule has 1 aliphatic rings. The van der Waals surface area contributed by atoms with E-state index >= 15 is 0 Å². The van der Waals surface area contributed by atoms with Gasteiger partial charge in [-0.1, -0.05) is 13.8 Å². The molecule has 0 aliphatic heterocycles. The van der Waals surface area contributed by atoms with Gasteiger partial charge in [0.15, 0.2) is 0 Å². The lowest BCUT2D eigenvalue weighted by atomic mass is 10.1. The summed E-state index contributed by atoms with van der Waals surface area (Å²) in [6, 6.07) is 0. The van der Waals surface area contributed by atoms with Gasteiger partial charge in [-0.05, 0) is 5.41 Å². The average Bonchev–Trinajstić information content (AvgIpc) is 2.51. The number of rotatable bonds is 2. The monoisotopic (exact) mass is 158 g/mol. The molecule has 1 N–H and O–H groups in total. The van der Waals surface area contributed by atoms with Gasteiger partial charge in [-0.25, -0.2) is 0 Å². The van der Waals surface area contributed by atoms with Crippen LogP contribution < -0.4 is 0 Å². The zero-order chi connectivity index (χ0) is 8.65. The quantitative estimate of drug-likeness (QED) is 0.592. The summed E-state index contributed by atoms with van der Waals surface area (Å²) in [5, 5.41) is 8.85. The molecule has 1 aliphatic carbocycles. The number of carbonyl (C=O) groups excluding carboxylic acids is 1. The minimum Gasteiger partial charge on any atom is -0.469 e. The topological polar surface area (TPSA) is 46.5 Å². The second-order valence-corrected chi connectivity index (χ2v) is 3.61. The third-order valence-electron chi connectivity index (χ3n) is 2.70. The Kier molecular flexibility index (Phi) is 1.92. The van der Waals surface area contributed by atoms with E-state index in [9.17, 15) is 4.79 Å². The zero-order valence-electron chi connectivity index (χ0n) is 7.13. The molecule has 0 saturated heterocycles. The molecule has 0 spiro atoms. The van der Waals surface area contributed by atoms with Crippen molar-refractivity contribution in [2.75, 3.05) is 13.7 Å². The molecule has 2 atom stereocenters. The van der Waals surface area contributed by atoms with Gasteiger partial charge in [0.1, 0.15) is 0 Å². The van der Waals surface area contributed by atoms with E-state index in [2.05, 4.69) is 4.74 Å². The van der Waals surface area contributed by atoms with Crippen molar-refractivity contribution in [1.82, 2.24) is 0 Å². The standard InChI is InChI=1S/C8H14O3/c1-8(2)5(4-9)6(8)7(10)11-3/h5-6,9H,4H2,1-3H3/t5-,6-/m1/s1. The third-order valence-corrected chi connectivity index (χ3v) is 2.70. The first-order chi connectivity index (χ1) is 5.05. The molecule has 1 saturated carbocycles. The second-order valence-electron chi connectivity index (χ2n) is 3.61. The van der Waals surface area contributed by atoms with E-state index in [1.165, 1.54) is 7.11 Å². The predicted octanol–water partition coefficient (Wildman–Crippen LogP) is 0.424. The Labute approximate surface area is 66.4 Å². The number of hydrogen-bond donors (Lipinski definition) is 1. The molecule has 11 heavy (non-hydrogen) atoms. The molecule has 1 rings (SSSR count). The molecule has 0 unspecified atom stereocenters. The Bertz CT molecular complexity index is 174. The largest absolute Gasteiger partial charge is 0.469 e. The van der Waals surface area contributed by atoms with Crippen molar-refractivity contribution in [2.45, 2.75) is 13.8 Å². The van der Waals surface area contributed by atoms with Gasteiger partial charge < -0.3 is 9.84 Å². The molecule has 3 heteroatoms. The van der Waals surface area contributed by atoms with Gasteiger partial charge in [-0.15, -0.1) is 0 Å². The smallest absolute Gasteiger partial charge is 0.309 e. The SMILES string of the molecule is COC(=O)[C@H]1[C@@H](CO)C1(C)C. The summed E-state index contributed by atoms with van der Waals surface area (Å²) >= 11 is 0. The second kappa shape index (κ2) is 2.48. The Morgan fingerprint density at radius 1 is 1.64 bits per heavy atom. The number of hydrogen-bond acceptors (Lipinski definition) is 3. The van der Waals surface area contributed by atoms with Gasteiger partial charge in [-0.2, -0.15) is 0 Å². The molecule has 0 radical (unpaired) electrons. The van der Waals surface area contributed by atoms with Crippen LogP contribution in [-0.4, -0.2) is 24.8 Å². The van der Waals surface area contributed by atoms with E-state index in [1.54, 1.807) is 0 Å². The molecule has 0 bridgehead atoms. The lowest BCUT2D eigenvalue weighted by Gasteiger charge is -1.99. The number of aliphatic hydroxyl groups is 1. The van der Waals surface area contributed by atoms with Crippen LogP contribution in [0, 0.1) is 17.3 Å². The lowest BCUT2D eigenvalue weighted by Crippen LogP contribution is -2.07. The van der Waals surface area contributed by atoms with Gasteiger partial charge in [0.05, 0.1) is 13.0 Å². The molecule has 0 aromatic heterocycles. The minimum absolute atomic E-state index is 0.0676. The van der Waals surface area contributed by atoms with Crippen LogP contribution in [0.4, 0.5) is 0 Å². The van der Waals surface area contributed by atoms with E-state index in [4.69, 9.17) is 5.11 Å². The summed E-state index contributed by atoms with van der Waals surface area (Å²) in [5.41, 5.74) is -0.0676. The zero-order valence-corrected chi connectivity index (χ0v) is 7.13. The average molecular weight is 158 g/mol. The van der Waals surface area contributed by atoms with Crippen LogP contribution in [0.2, 0.25) is 0 Å². The molecule has 0 aromatic rings. The van der Waals surface area contributed by atoms with Gasteiger partial charge in [0, 0.05) is 12.5 Å². The van der Waals surface area contributed by atoms with Crippen LogP contribution >= 0.6 is 0 Å². The first-order valence-electron chi connectivity index (χ1n) is 3.74. The Hall–Kier alpha value is -0.570.